The maximum Gasteiger partial charge on any atom is 0.0713 e. The van der Waals surface area contributed by atoms with Crippen molar-refractivity contribution in [1.82, 2.24) is 4.98 Å². The van der Waals surface area contributed by atoms with Crippen LogP contribution in [0.5, 0.6) is 0 Å². The van der Waals surface area contributed by atoms with E-state index in [1.807, 2.05) is 0 Å². The lowest BCUT2D eigenvalue weighted by Crippen LogP contribution is -2.13. The molecule has 1 atom stereocenters. The maximum atomic E-state index is 5.16. The number of aromatic nitrogens is 1. The molecule has 1 nitrogen and oxygen atoms in total. The third kappa shape index (κ3) is 2.94. The van der Waals surface area contributed by atoms with E-state index >= 15 is 0 Å². The average molecular weight is 307 g/mol. The summed E-state index contributed by atoms with van der Waals surface area (Å²) < 4.78 is 0. The molecule has 1 aromatic carbocycles. The Balaban J connectivity index is 2.22. The number of rotatable bonds is 4. The summed E-state index contributed by atoms with van der Waals surface area (Å²) in [4.78, 5) is 5.16. The Morgan fingerprint density at radius 3 is 2.26 bits per heavy atom. The highest BCUT2D eigenvalue weighted by molar-refractivity contribution is 5.69. The number of pyridine rings is 1. The largest absolute Gasteiger partial charge is 0.253 e. The summed E-state index contributed by atoms with van der Waals surface area (Å²) in [6.45, 7) is 9.15. The van der Waals surface area contributed by atoms with E-state index in [-0.39, 0.29) is 0 Å². The number of fused-ring (bicyclic) bond motifs is 1. The van der Waals surface area contributed by atoms with E-state index in [1.54, 1.807) is 5.56 Å². The Morgan fingerprint density at radius 2 is 1.65 bits per heavy atom. The molecule has 0 saturated carbocycles. The Kier molecular flexibility index (Phi) is 4.84. The number of hydrogen-bond acceptors (Lipinski definition) is 1. The SMILES string of the molecule is CCc1cccc(CC)c1-c1cc(CC)c2c(n1)CCCC2C. The Labute approximate surface area is 141 Å². The van der Waals surface area contributed by atoms with Gasteiger partial charge in [-0.25, -0.2) is 0 Å². The fourth-order valence-electron chi connectivity index (χ4n) is 4.17. The topological polar surface area (TPSA) is 12.9 Å². The normalized spacial score (nSPS) is 17.1. The molecule has 0 spiro atoms. The molecule has 1 heterocycles. The number of aryl methyl sites for hydroxylation is 4. The van der Waals surface area contributed by atoms with Crippen LogP contribution in [0.4, 0.5) is 0 Å². The summed E-state index contributed by atoms with van der Waals surface area (Å²) in [7, 11) is 0. The summed E-state index contributed by atoms with van der Waals surface area (Å²) in [5.41, 5.74) is 9.91. The molecule has 0 bridgehead atoms. The van der Waals surface area contributed by atoms with Crippen molar-refractivity contribution >= 4 is 0 Å². The first kappa shape index (κ1) is 16.2. The van der Waals surface area contributed by atoms with Crippen LogP contribution in [-0.4, -0.2) is 4.98 Å². The van der Waals surface area contributed by atoms with E-state index in [4.69, 9.17) is 4.98 Å². The monoisotopic (exact) mass is 307 g/mol. The Morgan fingerprint density at radius 1 is 1.00 bits per heavy atom. The van der Waals surface area contributed by atoms with E-state index in [1.165, 1.54) is 46.5 Å². The molecule has 3 rings (SSSR count). The van der Waals surface area contributed by atoms with Crippen molar-refractivity contribution in [1.29, 1.82) is 0 Å². The minimum Gasteiger partial charge on any atom is -0.253 e. The van der Waals surface area contributed by atoms with Crippen LogP contribution in [0.25, 0.3) is 11.3 Å². The molecular formula is C22H29N. The lowest BCUT2D eigenvalue weighted by Gasteiger charge is -2.26. The van der Waals surface area contributed by atoms with Crippen molar-refractivity contribution in [3.05, 3.63) is 52.2 Å². The van der Waals surface area contributed by atoms with Crippen LogP contribution in [0.1, 0.15) is 74.4 Å². The molecule has 122 valence electrons. The fraction of sp³-hybridized carbons (Fsp3) is 0.500. The fourth-order valence-corrected chi connectivity index (χ4v) is 4.17. The molecule has 2 aromatic rings. The van der Waals surface area contributed by atoms with Gasteiger partial charge in [0.05, 0.1) is 5.69 Å². The zero-order valence-electron chi connectivity index (χ0n) is 15.1. The van der Waals surface area contributed by atoms with Gasteiger partial charge in [-0.2, -0.15) is 0 Å². The molecule has 1 aromatic heterocycles. The van der Waals surface area contributed by atoms with Crippen LogP contribution >= 0.6 is 0 Å². The first-order valence-electron chi connectivity index (χ1n) is 9.33. The van der Waals surface area contributed by atoms with Gasteiger partial charge in [-0.15, -0.1) is 0 Å². The molecular weight excluding hydrogens is 278 g/mol. The quantitative estimate of drug-likeness (QED) is 0.687. The first-order chi connectivity index (χ1) is 11.2. The van der Waals surface area contributed by atoms with Gasteiger partial charge in [0, 0.05) is 11.3 Å². The molecule has 1 aliphatic rings. The second kappa shape index (κ2) is 6.86. The Bertz CT molecular complexity index is 660. The van der Waals surface area contributed by atoms with Crippen molar-refractivity contribution in [3.63, 3.8) is 0 Å². The molecule has 0 radical (unpaired) electrons. The number of benzene rings is 1. The van der Waals surface area contributed by atoms with E-state index in [0.29, 0.717) is 5.92 Å². The second-order valence-electron chi connectivity index (χ2n) is 6.83. The van der Waals surface area contributed by atoms with Crippen LogP contribution in [0.15, 0.2) is 24.3 Å². The van der Waals surface area contributed by atoms with Crippen LogP contribution in [0, 0.1) is 0 Å². The predicted molar refractivity (Wildman–Crippen MR) is 99.2 cm³/mol. The highest BCUT2D eigenvalue weighted by Crippen LogP contribution is 2.37. The van der Waals surface area contributed by atoms with Gasteiger partial charge in [-0.05, 0) is 72.8 Å². The zero-order valence-corrected chi connectivity index (χ0v) is 15.1. The van der Waals surface area contributed by atoms with Gasteiger partial charge in [-0.1, -0.05) is 45.9 Å². The third-order valence-electron chi connectivity index (χ3n) is 5.40. The predicted octanol–water partition coefficient (Wildman–Crippen LogP) is 5.88. The second-order valence-corrected chi connectivity index (χ2v) is 6.83. The van der Waals surface area contributed by atoms with Gasteiger partial charge < -0.3 is 0 Å². The van der Waals surface area contributed by atoms with Gasteiger partial charge >= 0.3 is 0 Å². The number of nitrogens with zero attached hydrogens (tertiary/aromatic N) is 1. The zero-order chi connectivity index (χ0) is 16.4. The summed E-state index contributed by atoms with van der Waals surface area (Å²) in [6.07, 6.45) is 6.99. The summed E-state index contributed by atoms with van der Waals surface area (Å²) in [6, 6.07) is 9.12. The van der Waals surface area contributed by atoms with E-state index in [0.717, 1.165) is 25.7 Å². The molecule has 0 fully saturated rings. The highest BCUT2D eigenvalue weighted by Gasteiger charge is 2.22. The lowest BCUT2D eigenvalue weighted by molar-refractivity contribution is 0.573. The Hall–Kier alpha value is -1.63. The molecule has 0 saturated heterocycles. The van der Waals surface area contributed by atoms with Crippen molar-refractivity contribution in [2.24, 2.45) is 0 Å². The molecule has 0 aliphatic heterocycles. The minimum atomic E-state index is 0.669. The molecule has 1 unspecified atom stereocenters. The molecule has 23 heavy (non-hydrogen) atoms. The van der Waals surface area contributed by atoms with E-state index in [2.05, 4.69) is 52.0 Å². The van der Waals surface area contributed by atoms with Gasteiger partial charge in [0.2, 0.25) is 0 Å². The smallest absolute Gasteiger partial charge is 0.0713 e. The van der Waals surface area contributed by atoms with Gasteiger partial charge in [0.25, 0.3) is 0 Å². The van der Waals surface area contributed by atoms with Crippen molar-refractivity contribution in [2.45, 2.75) is 72.1 Å². The van der Waals surface area contributed by atoms with Crippen LogP contribution in [-0.2, 0) is 25.7 Å². The lowest BCUT2D eigenvalue weighted by atomic mass is 9.82. The van der Waals surface area contributed by atoms with Crippen LogP contribution in [0.2, 0.25) is 0 Å². The standard InChI is InChI=1S/C22H29N/c1-5-16-11-9-12-17(6-2)22(16)20-14-18(7-3)21-15(4)10-8-13-19(21)23-20/h9,11-12,14-15H,5-8,10,13H2,1-4H3. The van der Waals surface area contributed by atoms with Gasteiger partial charge in [-0.3, -0.25) is 4.98 Å². The molecule has 0 N–H and O–H groups in total. The molecule has 1 heteroatoms. The molecule has 1 aliphatic carbocycles. The molecule has 0 amide bonds. The number of hydrogen-bond donors (Lipinski definition) is 0. The summed E-state index contributed by atoms with van der Waals surface area (Å²) in [5, 5.41) is 0. The minimum absolute atomic E-state index is 0.669. The van der Waals surface area contributed by atoms with E-state index < -0.39 is 0 Å². The van der Waals surface area contributed by atoms with Crippen molar-refractivity contribution < 1.29 is 0 Å². The highest BCUT2D eigenvalue weighted by atomic mass is 14.7. The van der Waals surface area contributed by atoms with Crippen LogP contribution in [0.3, 0.4) is 0 Å². The summed E-state index contributed by atoms with van der Waals surface area (Å²) in [5.74, 6) is 0.669. The van der Waals surface area contributed by atoms with Crippen LogP contribution < -0.4 is 0 Å². The van der Waals surface area contributed by atoms with Gasteiger partial charge in [0.1, 0.15) is 0 Å². The average Bonchev–Trinajstić information content (AvgIpc) is 2.60. The van der Waals surface area contributed by atoms with Gasteiger partial charge in [0.15, 0.2) is 0 Å². The van der Waals surface area contributed by atoms with Crippen molar-refractivity contribution in [3.8, 4) is 11.3 Å². The third-order valence-corrected chi connectivity index (χ3v) is 5.40. The van der Waals surface area contributed by atoms with E-state index in [9.17, 15) is 0 Å². The first-order valence-corrected chi connectivity index (χ1v) is 9.33. The van der Waals surface area contributed by atoms with Crippen molar-refractivity contribution in [2.75, 3.05) is 0 Å². The maximum absolute atomic E-state index is 5.16. The summed E-state index contributed by atoms with van der Waals surface area (Å²) >= 11 is 0.